The normalized spacial score (nSPS) is 12.4. The zero-order valence-corrected chi connectivity index (χ0v) is 11.0. The summed E-state index contributed by atoms with van der Waals surface area (Å²) >= 11 is 4.78. The highest BCUT2D eigenvalue weighted by molar-refractivity contribution is 7.80. The van der Waals surface area contributed by atoms with E-state index in [0.717, 1.165) is 12.8 Å². The van der Waals surface area contributed by atoms with Gasteiger partial charge in [-0.15, -0.1) is 0 Å². The minimum atomic E-state index is -0.372. The van der Waals surface area contributed by atoms with Crippen LogP contribution in [-0.4, -0.2) is 11.1 Å². The molecule has 0 fully saturated rings. The number of benzene rings is 1. The van der Waals surface area contributed by atoms with Crippen molar-refractivity contribution in [1.82, 2.24) is 0 Å². The zero-order valence-electron chi connectivity index (χ0n) is 10.2. The Balaban J connectivity index is 2.72. The van der Waals surface area contributed by atoms with E-state index in [-0.39, 0.29) is 29.1 Å². The van der Waals surface area contributed by atoms with Crippen molar-refractivity contribution in [3.63, 3.8) is 0 Å². The van der Waals surface area contributed by atoms with Gasteiger partial charge in [0.15, 0.2) is 0 Å². The zero-order chi connectivity index (χ0) is 12.8. The van der Waals surface area contributed by atoms with Gasteiger partial charge in [0, 0.05) is 11.1 Å². The fourth-order valence-electron chi connectivity index (χ4n) is 1.60. The molecule has 1 rings (SSSR count). The molecule has 0 amide bonds. The summed E-state index contributed by atoms with van der Waals surface area (Å²) in [6.45, 7) is 4.33. The number of halogens is 1. The summed E-state index contributed by atoms with van der Waals surface area (Å²) in [4.78, 5) is 0.0750. The molecule has 0 aromatic heterocycles. The average Bonchev–Trinajstić information content (AvgIpc) is 2.27. The molecule has 1 aromatic rings. The molecule has 0 aliphatic heterocycles. The summed E-state index contributed by atoms with van der Waals surface area (Å²) in [6.07, 6.45) is 2.15. The molecule has 17 heavy (non-hydrogen) atoms. The minimum Gasteiger partial charge on any atom is -0.389 e. The van der Waals surface area contributed by atoms with Gasteiger partial charge in [-0.05, 0) is 19.4 Å². The van der Waals surface area contributed by atoms with Crippen molar-refractivity contribution in [3.8, 4) is 0 Å². The smallest absolute Gasteiger partial charge is 0.138 e. The van der Waals surface area contributed by atoms with Crippen molar-refractivity contribution < 1.29 is 9.13 Å². The van der Waals surface area contributed by atoms with Crippen LogP contribution in [-0.2, 0) is 11.3 Å². The van der Waals surface area contributed by atoms with E-state index in [9.17, 15) is 4.39 Å². The lowest BCUT2D eigenvalue weighted by Crippen LogP contribution is -2.14. The van der Waals surface area contributed by atoms with Crippen LogP contribution < -0.4 is 5.73 Å². The number of hydrogen-bond acceptors (Lipinski definition) is 2. The molecule has 94 valence electrons. The molecule has 0 saturated heterocycles. The number of rotatable bonds is 6. The van der Waals surface area contributed by atoms with Crippen LogP contribution in [0, 0.1) is 5.82 Å². The quantitative estimate of drug-likeness (QED) is 0.793. The lowest BCUT2D eigenvalue weighted by Gasteiger charge is -2.13. The van der Waals surface area contributed by atoms with Gasteiger partial charge in [-0.1, -0.05) is 37.7 Å². The van der Waals surface area contributed by atoms with Gasteiger partial charge < -0.3 is 10.5 Å². The van der Waals surface area contributed by atoms with Gasteiger partial charge in [-0.25, -0.2) is 4.39 Å². The Bertz CT molecular complexity index is 395. The molecule has 0 saturated carbocycles. The SMILES string of the molecule is CCCC(C)OCc1cccc(C(N)=S)c1F. The Morgan fingerprint density at radius 1 is 1.53 bits per heavy atom. The Morgan fingerprint density at radius 2 is 2.24 bits per heavy atom. The first-order valence-electron chi connectivity index (χ1n) is 5.75. The largest absolute Gasteiger partial charge is 0.389 e. The Hall–Kier alpha value is -1.00. The molecule has 2 N–H and O–H groups in total. The third kappa shape index (κ3) is 4.06. The lowest BCUT2D eigenvalue weighted by atomic mass is 10.1. The minimum absolute atomic E-state index is 0.0750. The van der Waals surface area contributed by atoms with E-state index in [4.69, 9.17) is 22.7 Å². The van der Waals surface area contributed by atoms with E-state index in [0.29, 0.717) is 5.56 Å². The van der Waals surface area contributed by atoms with Gasteiger partial charge in [0.05, 0.1) is 12.7 Å². The molecule has 0 bridgehead atoms. The van der Waals surface area contributed by atoms with E-state index in [1.165, 1.54) is 0 Å². The molecule has 0 heterocycles. The first-order valence-corrected chi connectivity index (χ1v) is 6.15. The van der Waals surface area contributed by atoms with E-state index >= 15 is 0 Å². The molecule has 0 spiro atoms. The molecule has 4 heteroatoms. The van der Waals surface area contributed by atoms with Crippen LogP contribution in [0.4, 0.5) is 4.39 Å². The van der Waals surface area contributed by atoms with E-state index < -0.39 is 0 Å². The molecule has 0 radical (unpaired) electrons. The van der Waals surface area contributed by atoms with Crippen molar-refractivity contribution >= 4 is 17.2 Å². The molecule has 1 aromatic carbocycles. The number of nitrogens with two attached hydrogens (primary N) is 1. The van der Waals surface area contributed by atoms with Crippen molar-refractivity contribution in [2.45, 2.75) is 39.4 Å². The maximum atomic E-state index is 13.9. The van der Waals surface area contributed by atoms with Crippen molar-refractivity contribution in [2.75, 3.05) is 0 Å². The topological polar surface area (TPSA) is 35.2 Å². The van der Waals surface area contributed by atoms with E-state index in [1.807, 2.05) is 6.92 Å². The van der Waals surface area contributed by atoms with E-state index in [2.05, 4.69) is 6.92 Å². The second-order valence-electron chi connectivity index (χ2n) is 4.05. The summed E-state index contributed by atoms with van der Waals surface area (Å²) in [5.41, 5.74) is 6.22. The second kappa shape index (κ2) is 6.67. The summed E-state index contributed by atoms with van der Waals surface area (Å²) in [7, 11) is 0. The highest BCUT2D eigenvalue weighted by Gasteiger charge is 2.11. The number of ether oxygens (including phenoxy) is 1. The van der Waals surface area contributed by atoms with Crippen molar-refractivity contribution in [2.24, 2.45) is 5.73 Å². The van der Waals surface area contributed by atoms with Gasteiger partial charge in [0.1, 0.15) is 10.8 Å². The Labute approximate surface area is 107 Å². The van der Waals surface area contributed by atoms with Gasteiger partial charge in [-0.2, -0.15) is 0 Å². The molecule has 1 atom stereocenters. The van der Waals surface area contributed by atoms with Gasteiger partial charge >= 0.3 is 0 Å². The van der Waals surface area contributed by atoms with Gasteiger partial charge in [0.2, 0.25) is 0 Å². The molecule has 2 nitrogen and oxygen atoms in total. The monoisotopic (exact) mass is 255 g/mol. The van der Waals surface area contributed by atoms with Crippen LogP contribution in [0.5, 0.6) is 0 Å². The average molecular weight is 255 g/mol. The van der Waals surface area contributed by atoms with Crippen LogP contribution in [0.1, 0.15) is 37.8 Å². The molecular formula is C13H18FNOS. The summed E-state index contributed by atoms with van der Waals surface area (Å²) in [6, 6.07) is 5.01. The van der Waals surface area contributed by atoms with Gasteiger partial charge in [-0.3, -0.25) is 0 Å². The molecule has 0 aliphatic carbocycles. The van der Waals surface area contributed by atoms with Crippen LogP contribution in [0.15, 0.2) is 18.2 Å². The number of thiocarbonyl (C=S) groups is 1. The standard InChI is InChI=1S/C13H18FNOS/c1-3-5-9(2)16-8-10-6-4-7-11(12(10)14)13(15)17/h4,6-7,9H,3,5,8H2,1-2H3,(H2,15,17). The fraction of sp³-hybridized carbons (Fsp3) is 0.462. The van der Waals surface area contributed by atoms with Crippen LogP contribution in [0.2, 0.25) is 0 Å². The maximum Gasteiger partial charge on any atom is 0.138 e. The van der Waals surface area contributed by atoms with E-state index in [1.54, 1.807) is 18.2 Å². The molecule has 0 aliphatic rings. The van der Waals surface area contributed by atoms with Crippen molar-refractivity contribution in [3.05, 3.63) is 35.1 Å². The van der Waals surface area contributed by atoms with Crippen LogP contribution in [0.3, 0.4) is 0 Å². The highest BCUT2D eigenvalue weighted by Crippen LogP contribution is 2.15. The summed E-state index contributed by atoms with van der Waals surface area (Å²) < 4.78 is 19.5. The fourth-order valence-corrected chi connectivity index (χ4v) is 1.76. The Kier molecular flexibility index (Phi) is 5.51. The molecular weight excluding hydrogens is 237 g/mol. The second-order valence-corrected chi connectivity index (χ2v) is 4.49. The number of hydrogen-bond donors (Lipinski definition) is 1. The third-order valence-electron chi connectivity index (χ3n) is 2.56. The first-order chi connectivity index (χ1) is 8.06. The Morgan fingerprint density at radius 3 is 2.82 bits per heavy atom. The third-order valence-corrected chi connectivity index (χ3v) is 2.78. The van der Waals surface area contributed by atoms with Crippen molar-refractivity contribution in [1.29, 1.82) is 0 Å². The first kappa shape index (κ1) is 14.1. The van der Waals surface area contributed by atoms with Crippen LogP contribution >= 0.6 is 12.2 Å². The summed E-state index contributed by atoms with van der Waals surface area (Å²) in [5, 5.41) is 0. The maximum absolute atomic E-state index is 13.9. The highest BCUT2D eigenvalue weighted by atomic mass is 32.1. The van der Waals surface area contributed by atoms with Gasteiger partial charge in [0.25, 0.3) is 0 Å². The predicted octanol–water partition coefficient (Wildman–Crippen LogP) is 3.17. The summed E-state index contributed by atoms with van der Waals surface area (Å²) in [5.74, 6) is -0.372. The lowest BCUT2D eigenvalue weighted by molar-refractivity contribution is 0.0456. The molecule has 1 unspecified atom stereocenters. The van der Waals surface area contributed by atoms with Crippen LogP contribution in [0.25, 0.3) is 0 Å². The predicted molar refractivity (Wildman–Crippen MR) is 71.4 cm³/mol.